The van der Waals surface area contributed by atoms with E-state index in [1.807, 2.05) is 27.8 Å². The van der Waals surface area contributed by atoms with Crippen LogP contribution in [0.1, 0.15) is 39.7 Å². The maximum absolute atomic E-state index is 11.8. The van der Waals surface area contributed by atoms with Gasteiger partial charge < -0.3 is 10.1 Å². The summed E-state index contributed by atoms with van der Waals surface area (Å²) in [6.07, 6.45) is 3.40. The van der Waals surface area contributed by atoms with Crippen molar-refractivity contribution in [2.24, 2.45) is 0 Å². The van der Waals surface area contributed by atoms with Gasteiger partial charge in [0.1, 0.15) is 22.8 Å². The molecule has 0 atom stereocenters. The number of hydrogen-bond acceptors (Lipinski definition) is 6. The van der Waals surface area contributed by atoms with Crippen LogP contribution >= 0.6 is 11.8 Å². The number of carbonyl (C=O) groups is 1. The summed E-state index contributed by atoms with van der Waals surface area (Å²) in [5.74, 6) is 0.858. The second kappa shape index (κ2) is 7.47. The van der Waals surface area contributed by atoms with Crippen molar-refractivity contribution >= 4 is 23.5 Å². The monoisotopic (exact) mass is 297 g/mol. The predicted molar refractivity (Wildman–Crippen MR) is 82.1 cm³/mol. The summed E-state index contributed by atoms with van der Waals surface area (Å²) < 4.78 is 5.30. The summed E-state index contributed by atoms with van der Waals surface area (Å²) in [7, 11) is 1.84. The Bertz CT molecular complexity index is 458. The number of carbonyl (C=O) groups excluding carboxylic acids is 1. The summed E-state index contributed by atoms with van der Waals surface area (Å²) >= 11 is 1.40. The van der Waals surface area contributed by atoms with Gasteiger partial charge in [0.15, 0.2) is 0 Å². The molecule has 5 nitrogen and oxygen atoms in total. The van der Waals surface area contributed by atoms with E-state index in [1.165, 1.54) is 18.1 Å². The summed E-state index contributed by atoms with van der Waals surface area (Å²) in [5, 5.41) is 3.91. The zero-order chi connectivity index (χ0) is 15.2. The van der Waals surface area contributed by atoms with Crippen molar-refractivity contribution in [2.45, 2.75) is 51.2 Å². The Morgan fingerprint density at radius 2 is 2.10 bits per heavy atom. The zero-order valence-corrected chi connectivity index (χ0v) is 13.6. The topological polar surface area (TPSA) is 64.1 Å². The van der Waals surface area contributed by atoms with Crippen LogP contribution in [0.3, 0.4) is 0 Å². The number of thioether (sulfide) groups is 1. The Kier molecular flexibility index (Phi) is 6.26. The van der Waals surface area contributed by atoms with E-state index in [-0.39, 0.29) is 11.7 Å². The van der Waals surface area contributed by atoms with E-state index in [0.717, 1.165) is 29.2 Å². The molecule has 0 spiro atoms. The largest absolute Gasteiger partial charge is 0.459 e. The molecule has 0 bridgehead atoms. The van der Waals surface area contributed by atoms with Crippen LogP contribution in [0.2, 0.25) is 0 Å². The van der Waals surface area contributed by atoms with Crippen LogP contribution in [-0.2, 0) is 16.0 Å². The smallest absolute Gasteiger partial charge is 0.316 e. The second-order valence-electron chi connectivity index (χ2n) is 5.38. The quantitative estimate of drug-likeness (QED) is 0.495. The van der Waals surface area contributed by atoms with Crippen molar-refractivity contribution in [1.82, 2.24) is 9.97 Å². The van der Waals surface area contributed by atoms with Gasteiger partial charge in [-0.25, -0.2) is 9.97 Å². The third-order valence-corrected chi connectivity index (χ3v) is 3.39. The molecule has 0 radical (unpaired) electrons. The first-order valence-corrected chi connectivity index (χ1v) is 7.72. The minimum atomic E-state index is -0.453. The van der Waals surface area contributed by atoms with Crippen LogP contribution in [0.4, 0.5) is 5.82 Å². The van der Waals surface area contributed by atoms with E-state index >= 15 is 0 Å². The van der Waals surface area contributed by atoms with Crippen LogP contribution in [0.5, 0.6) is 0 Å². The van der Waals surface area contributed by atoms with Gasteiger partial charge in [0, 0.05) is 12.6 Å². The maximum Gasteiger partial charge on any atom is 0.316 e. The lowest BCUT2D eigenvalue weighted by Crippen LogP contribution is -2.25. The predicted octanol–water partition coefficient (Wildman–Crippen LogP) is 2.90. The molecule has 20 heavy (non-hydrogen) atoms. The maximum atomic E-state index is 11.8. The SMILES string of the molecule is CCCc1c(NC)ncnc1SCC(=O)OC(C)(C)C. The van der Waals surface area contributed by atoms with Crippen molar-refractivity contribution < 1.29 is 9.53 Å². The van der Waals surface area contributed by atoms with Crippen LogP contribution < -0.4 is 5.32 Å². The van der Waals surface area contributed by atoms with Gasteiger partial charge in [0.05, 0.1) is 5.75 Å². The van der Waals surface area contributed by atoms with Crippen molar-refractivity contribution in [2.75, 3.05) is 18.1 Å². The Balaban J connectivity index is 2.74. The molecule has 1 heterocycles. The molecule has 1 aromatic rings. The number of nitrogens with zero attached hydrogens (tertiary/aromatic N) is 2. The first kappa shape index (κ1) is 16.8. The Labute approximate surface area is 124 Å². The number of nitrogens with one attached hydrogen (secondary N) is 1. The molecule has 6 heteroatoms. The van der Waals surface area contributed by atoms with E-state index in [0.29, 0.717) is 0 Å². The van der Waals surface area contributed by atoms with Gasteiger partial charge in [-0.05, 0) is 27.2 Å². The minimum absolute atomic E-state index is 0.227. The van der Waals surface area contributed by atoms with Crippen LogP contribution in [0.15, 0.2) is 11.4 Å². The van der Waals surface area contributed by atoms with Gasteiger partial charge in [-0.15, -0.1) is 0 Å². The molecule has 0 saturated carbocycles. The number of ether oxygens (including phenoxy) is 1. The number of rotatable bonds is 6. The lowest BCUT2D eigenvalue weighted by atomic mass is 10.2. The molecule has 0 fully saturated rings. The van der Waals surface area contributed by atoms with Gasteiger partial charge in [-0.3, -0.25) is 4.79 Å². The fourth-order valence-corrected chi connectivity index (χ4v) is 2.52. The van der Waals surface area contributed by atoms with Crippen LogP contribution in [0.25, 0.3) is 0 Å². The lowest BCUT2D eigenvalue weighted by Gasteiger charge is -2.19. The molecule has 1 aromatic heterocycles. The summed E-state index contributed by atoms with van der Waals surface area (Å²) in [4.78, 5) is 20.2. The molecule has 0 aromatic carbocycles. The highest BCUT2D eigenvalue weighted by molar-refractivity contribution is 7.99. The van der Waals surface area contributed by atoms with Crippen molar-refractivity contribution in [1.29, 1.82) is 0 Å². The summed E-state index contributed by atoms with van der Waals surface area (Å²) in [5.41, 5.74) is 0.608. The highest BCUT2D eigenvalue weighted by Crippen LogP contribution is 2.26. The van der Waals surface area contributed by atoms with Gasteiger partial charge in [-0.1, -0.05) is 25.1 Å². The fourth-order valence-electron chi connectivity index (χ4n) is 1.71. The van der Waals surface area contributed by atoms with Gasteiger partial charge >= 0.3 is 5.97 Å². The van der Waals surface area contributed by atoms with E-state index in [1.54, 1.807) is 0 Å². The van der Waals surface area contributed by atoms with Crippen LogP contribution in [0, 0.1) is 0 Å². The lowest BCUT2D eigenvalue weighted by molar-refractivity contribution is -0.151. The number of aromatic nitrogens is 2. The fraction of sp³-hybridized carbons (Fsp3) is 0.643. The third-order valence-electron chi connectivity index (χ3n) is 2.39. The van der Waals surface area contributed by atoms with Gasteiger partial charge in [0.2, 0.25) is 0 Å². The number of anilines is 1. The highest BCUT2D eigenvalue weighted by atomic mass is 32.2. The molecule has 0 saturated heterocycles. The van der Waals surface area contributed by atoms with E-state index in [2.05, 4.69) is 22.2 Å². The number of esters is 1. The zero-order valence-electron chi connectivity index (χ0n) is 12.8. The molecule has 0 aliphatic rings. The minimum Gasteiger partial charge on any atom is -0.459 e. The third kappa shape index (κ3) is 5.36. The van der Waals surface area contributed by atoms with E-state index < -0.39 is 5.60 Å². The average molecular weight is 297 g/mol. The molecule has 0 aliphatic carbocycles. The van der Waals surface area contributed by atoms with E-state index in [4.69, 9.17) is 4.74 Å². The molecular weight excluding hydrogens is 274 g/mol. The average Bonchev–Trinajstić information content (AvgIpc) is 2.35. The first-order valence-electron chi connectivity index (χ1n) is 6.73. The molecule has 1 rings (SSSR count). The molecule has 1 N–H and O–H groups in total. The van der Waals surface area contributed by atoms with Crippen molar-refractivity contribution in [3.63, 3.8) is 0 Å². The molecular formula is C14H23N3O2S. The molecule has 0 amide bonds. The Morgan fingerprint density at radius 3 is 2.65 bits per heavy atom. The Morgan fingerprint density at radius 1 is 1.40 bits per heavy atom. The normalized spacial score (nSPS) is 11.2. The second-order valence-corrected chi connectivity index (χ2v) is 6.35. The molecule has 112 valence electrons. The van der Waals surface area contributed by atoms with Crippen LogP contribution in [-0.4, -0.2) is 34.3 Å². The molecule has 0 aliphatic heterocycles. The standard InChI is InChI=1S/C14H23N3O2S/c1-6-7-10-12(15-5)16-9-17-13(10)20-8-11(18)19-14(2,3)4/h9H,6-8H2,1-5H3,(H,15,16,17). The van der Waals surface area contributed by atoms with E-state index in [9.17, 15) is 4.79 Å². The summed E-state index contributed by atoms with van der Waals surface area (Å²) in [6, 6.07) is 0. The summed E-state index contributed by atoms with van der Waals surface area (Å²) in [6.45, 7) is 7.69. The van der Waals surface area contributed by atoms with Crippen molar-refractivity contribution in [3.8, 4) is 0 Å². The van der Waals surface area contributed by atoms with Gasteiger partial charge in [-0.2, -0.15) is 0 Å². The van der Waals surface area contributed by atoms with Gasteiger partial charge in [0.25, 0.3) is 0 Å². The Hall–Kier alpha value is -1.30. The first-order chi connectivity index (χ1) is 9.37. The van der Waals surface area contributed by atoms with Crippen molar-refractivity contribution in [3.05, 3.63) is 11.9 Å². The number of hydrogen-bond donors (Lipinski definition) is 1. The highest BCUT2D eigenvalue weighted by Gasteiger charge is 2.18. The molecule has 0 unspecified atom stereocenters.